The molecule has 38 heavy (non-hydrogen) atoms. The molecule has 11 nitrogen and oxygen atoms in total. The predicted molar refractivity (Wildman–Crippen MR) is 139 cm³/mol. The summed E-state index contributed by atoms with van der Waals surface area (Å²) in [5.74, 6) is -0.675. The van der Waals surface area contributed by atoms with Gasteiger partial charge in [0.1, 0.15) is 22.4 Å². The van der Waals surface area contributed by atoms with Gasteiger partial charge < -0.3 is 4.74 Å². The van der Waals surface area contributed by atoms with Crippen molar-refractivity contribution in [3.8, 4) is 34.2 Å². The van der Waals surface area contributed by atoms with Crippen LogP contribution in [0.25, 0.3) is 28.5 Å². The Bertz CT molecular complexity index is 1730. The lowest BCUT2D eigenvalue weighted by atomic mass is 10.0. The van der Waals surface area contributed by atoms with Gasteiger partial charge in [-0.25, -0.2) is 14.4 Å². The zero-order chi connectivity index (χ0) is 27.0. The van der Waals surface area contributed by atoms with Crippen LogP contribution in [0.3, 0.4) is 0 Å². The van der Waals surface area contributed by atoms with E-state index < -0.39 is 17.3 Å². The maximum Gasteiger partial charge on any atom is 0.292 e. The molecule has 5 aromatic heterocycles. The van der Waals surface area contributed by atoms with Gasteiger partial charge in [-0.15, -0.1) is 0 Å². The number of methoxy groups -OCH3 is 1. The number of amides is 1. The first-order chi connectivity index (χ1) is 18.3. The standard InChI is InChI=1S/C24H18ClFN8O3S/c1-12-9-29-33(2)20(12)21-30-24(38-32-21)31-22(35)15-10-28-19(34-6-4-5-16(26)23(34)36)8-13(15)14-7-18(25)27-11-17(14)37-3/h4-11H,1-3H3,(H,30,31,32,35). The van der Waals surface area contributed by atoms with Crippen LogP contribution < -0.4 is 15.6 Å². The lowest BCUT2D eigenvalue weighted by molar-refractivity contribution is 0.102. The number of pyridine rings is 3. The molecular formula is C24H18ClFN8O3S. The molecule has 5 aromatic rings. The molecule has 0 aliphatic carbocycles. The number of anilines is 1. The maximum absolute atomic E-state index is 14.0. The van der Waals surface area contributed by atoms with Crippen LogP contribution in [0.2, 0.25) is 5.15 Å². The van der Waals surface area contributed by atoms with Crippen LogP contribution in [0.1, 0.15) is 15.9 Å². The molecule has 0 fully saturated rings. The summed E-state index contributed by atoms with van der Waals surface area (Å²) in [5, 5.41) is 7.33. The molecule has 0 aromatic carbocycles. The SMILES string of the molecule is COc1cnc(Cl)cc1-c1cc(-n2cccc(F)c2=O)ncc1C(=O)Nc1nc(-c2c(C)cnn2C)ns1. The summed E-state index contributed by atoms with van der Waals surface area (Å²) in [6, 6.07) is 5.41. The van der Waals surface area contributed by atoms with Crippen molar-refractivity contribution in [3.05, 3.63) is 81.5 Å². The second-order valence-electron chi connectivity index (χ2n) is 8.00. The van der Waals surface area contributed by atoms with Gasteiger partial charge >= 0.3 is 0 Å². The second kappa shape index (κ2) is 10.1. The van der Waals surface area contributed by atoms with E-state index in [0.717, 1.165) is 33.4 Å². The van der Waals surface area contributed by atoms with Gasteiger partial charge in [-0.3, -0.25) is 24.2 Å². The molecule has 0 unspecified atom stereocenters. The van der Waals surface area contributed by atoms with E-state index in [4.69, 9.17) is 16.3 Å². The smallest absolute Gasteiger partial charge is 0.292 e. The maximum atomic E-state index is 14.0. The van der Waals surface area contributed by atoms with Crippen molar-refractivity contribution < 1.29 is 13.9 Å². The predicted octanol–water partition coefficient (Wildman–Crippen LogP) is 3.91. The topological polar surface area (TPSA) is 130 Å². The fraction of sp³-hybridized carbons (Fsp3) is 0.125. The van der Waals surface area contributed by atoms with E-state index in [1.54, 1.807) is 17.9 Å². The van der Waals surface area contributed by atoms with Gasteiger partial charge in [-0.2, -0.15) is 14.5 Å². The Hall–Kier alpha value is -4.49. The molecule has 5 heterocycles. The third kappa shape index (κ3) is 4.64. The number of hydrogen-bond acceptors (Lipinski definition) is 9. The summed E-state index contributed by atoms with van der Waals surface area (Å²) in [6.45, 7) is 1.89. The van der Waals surface area contributed by atoms with Gasteiger partial charge in [-0.05, 0) is 36.8 Å². The zero-order valence-corrected chi connectivity index (χ0v) is 21.7. The van der Waals surface area contributed by atoms with Crippen molar-refractivity contribution in [1.29, 1.82) is 0 Å². The number of hydrogen-bond donors (Lipinski definition) is 1. The van der Waals surface area contributed by atoms with Crippen LogP contribution in [-0.4, -0.2) is 46.7 Å². The van der Waals surface area contributed by atoms with Gasteiger partial charge in [-0.1, -0.05) is 11.6 Å². The summed E-state index contributed by atoms with van der Waals surface area (Å²) >= 11 is 7.16. The number of nitrogens with one attached hydrogen (secondary N) is 1. The molecule has 192 valence electrons. The number of ether oxygens (including phenoxy) is 1. The average Bonchev–Trinajstić information content (AvgIpc) is 3.50. The highest BCUT2D eigenvalue weighted by Crippen LogP contribution is 2.35. The van der Waals surface area contributed by atoms with Crippen LogP contribution in [0, 0.1) is 12.7 Å². The minimum absolute atomic E-state index is 0.0842. The molecule has 0 aliphatic heterocycles. The fourth-order valence-electron chi connectivity index (χ4n) is 3.82. The second-order valence-corrected chi connectivity index (χ2v) is 9.14. The largest absolute Gasteiger partial charge is 0.494 e. The van der Waals surface area contributed by atoms with Gasteiger partial charge in [0.15, 0.2) is 11.6 Å². The number of carbonyl (C=O) groups excluding carboxylic acids is 1. The van der Waals surface area contributed by atoms with E-state index in [1.165, 1.54) is 43.9 Å². The van der Waals surface area contributed by atoms with Crippen LogP contribution >= 0.6 is 23.1 Å². The molecule has 5 rings (SSSR count). The number of rotatable bonds is 6. The van der Waals surface area contributed by atoms with Crippen LogP contribution in [0.5, 0.6) is 5.75 Å². The normalized spacial score (nSPS) is 11.0. The Morgan fingerprint density at radius 3 is 2.74 bits per heavy atom. The Morgan fingerprint density at radius 1 is 1.18 bits per heavy atom. The highest BCUT2D eigenvalue weighted by Gasteiger charge is 2.22. The van der Waals surface area contributed by atoms with Crippen molar-refractivity contribution in [2.45, 2.75) is 6.92 Å². The Morgan fingerprint density at radius 2 is 2.00 bits per heavy atom. The monoisotopic (exact) mass is 552 g/mol. The highest BCUT2D eigenvalue weighted by molar-refractivity contribution is 7.10. The number of carbonyl (C=O) groups is 1. The van der Waals surface area contributed by atoms with Crippen molar-refractivity contribution in [2.24, 2.45) is 7.05 Å². The molecule has 14 heteroatoms. The minimum atomic E-state index is -0.946. The van der Waals surface area contributed by atoms with E-state index in [1.807, 2.05) is 6.92 Å². The summed E-state index contributed by atoms with van der Waals surface area (Å²) in [4.78, 5) is 38.5. The molecule has 1 N–H and O–H groups in total. The van der Waals surface area contributed by atoms with Gasteiger partial charge in [0.05, 0.1) is 25.1 Å². The van der Waals surface area contributed by atoms with Gasteiger partial charge in [0.25, 0.3) is 11.5 Å². The van der Waals surface area contributed by atoms with Gasteiger partial charge in [0.2, 0.25) is 5.13 Å². The highest BCUT2D eigenvalue weighted by atomic mass is 35.5. The quantitative estimate of drug-likeness (QED) is 0.314. The molecule has 0 saturated heterocycles. The van der Waals surface area contributed by atoms with E-state index in [9.17, 15) is 14.0 Å². The number of aryl methyl sites for hydroxylation is 2. The average molecular weight is 553 g/mol. The first kappa shape index (κ1) is 25.2. The van der Waals surface area contributed by atoms with Crippen molar-refractivity contribution in [2.75, 3.05) is 12.4 Å². The Labute approximate surface area is 223 Å². The van der Waals surface area contributed by atoms with E-state index >= 15 is 0 Å². The van der Waals surface area contributed by atoms with Crippen LogP contribution in [0.4, 0.5) is 9.52 Å². The molecule has 0 radical (unpaired) electrons. The summed E-state index contributed by atoms with van der Waals surface area (Å²) in [6.07, 6.45) is 5.75. The first-order valence-corrected chi connectivity index (χ1v) is 12.1. The van der Waals surface area contributed by atoms with E-state index in [2.05, 4.69) is 29.7 Å². The molecule has 0 bridgehead atoms. The summed E-state index contributed by atoms with van der Waals surface area (Å²) in [7, 11) is 3.22. The third-order valence-corrected chi connectivity index (χ3v) is 6.44. The lowest BCUT2D eigenvalue weighted by Crippen LogP contribution is -2.22. The molecule has 1 amide bonds. The zero-order valence-electron chi connectivity index (χ0n) is 20.1. The summed E-state index contributed by atoms with van der Waals surface area (Å²) < 4.78 is 26.4. The third-order valence-electron chi connectivity index (χ3n) is 5.61. The van der Waals surface area contributed by atoms with Crippen molar-refractivity contribution >= 4 is 34.2 Å². The molecular weight excluding hydrogens is 535 g/mol. The fourth-order valence-corrected chi connectivity index (χ4v) is 4.55. The van der Waals surface area contributed by atoms with E-state index in [0.29, 0.717) is 22.7 Å². The minimum Gasteiger partial charge on any atom is -0.494 e. The molecule has 0 atom stereocenters. The van der Waals surface area contributed by atoms with Crippen LogP contribution in [-0.2, 0) is 7.05 Å². The Balaban J connectivity index is 1.59. The lowest BCUT2D eigenvalue weighted by Gasteiger charge is -2.14. The number of aromatic nitrogens is 7. The van der Waals surface area contributed by atoms with Crippen LogP contribution in [0.15, 0.2) is 53.8 Å². The molecule has 0 aliphatic rings. The van der Waals surface area contributed by atoms with Crippen molar-refractivity contribution in [3.63, 3.8) is 0 Å². The molecule has 0 spiro atoms. The Kier molecular flexibility index (Phi) is 6.70. The first-order valence-electron chi connectivity index (χ1n) is 11.0. The number of halogens is 2. The van der Waals surface area contributed by atoms with Gasteiger partial charge in [0, 0.05) is 42.1 Å². The van der Waals surface area contributed by atoms with Crippen molar-refractivity contribution in [1.82, 2.24) is 33.7 Å². The number of nitrogens with zero attached hydrogens (tertiary/aromatic N) is 7. The molecule has 0 saturated carbocycles. The summed E-state index contributed by atoms with van der Waals surface area (Å²) in [5.41, 5.74) is 1.57. The van der Waals surface area contributed by atoms with E-state index in [-0.39, 0.29) is 21.7 Å².